The third-order valence-corrected chi connectivity index (χ3v) is 5.01. The molecule has 0 radical (unpaired) electrons. The second kappa shape index (κ2) is 6.05. The first-order chi connectivity index (χ1) is 11.0. The minimum atomic E-state index is -0.584. The molecule has 7 nitrogen and oxygen atoms in total. The van der Waals surface area contributed by atoms with Crippen LogP contribution in [-0.2, 0) is 0 Å². The zero-order chi connectivity index (χ0) is 16.6. The van der Waals surface area contributed by atoms with E-state index in [1.54, 1.807) is 0 Å². The molecule has 3 rings (SSSR count). The van der Waals surface area contributed by atoms with Crippen molar-refractivity contribution in [2.24, 2.45) is 0 Å². The average molecular weight is 332 g/mol. The fourth-order valence-corrected chi connectivity index (χ4v) is 3.67. The Morgan fingerprint density at radius 1 is 1.52 bits per heavy atom. The third kappa shape index (κ3) is 2.82. The zero-order valence-electron chi connectivity index (χ0n) is 12.5. The standard InChI is InChI=1S/C15H16N4O3S/c1-8-13(11-3-2-6-17-11)18-23-15(8)14(20)9-4-5-10(16)12(7-9)19(21)22/h4-5,7,11,17H,2-3,6,16H2,1H3. The van der Waals surface area contributed by atoms with E-state index in [1.807, 2.05) is 6.92 Å². The molecule has 1 atom stereocenters. The van der Waals surface area contributed by atoms with Crippen LogP contribution in [0.3, 0.4) is 0 Å². The summed E-state index contributed by atoms with van der Waals surface area (Å²) >= 11 is 1.14. The summed E-state index contributed by atoms with van der Waals surface area (Å²) in [6.07, 6.45) is 2.10. The van der Waals surface area contributed by atoms with Crippen molar-refractivity contribution in [3.8, 4) is 0 Å². The molecule has 0 bridgehead atoms. The molecule has 0 amide bonds. The van der Waals surface area contributed by atoms with Crippen LogP contribution in [0, 0.1) is 17.0 Å². The monoisotopic (exact) mass is 332 g/mol. The van der Waals surface area contributed by atoms with Crippen LogP contribution in [0.2, 0.25) is 0 Å². The van der Waals surface area contributed by atoms with E-state index in [2.05, 4.69) is 9.69 Å². The SMILES string of the molecule is Cc1c(C2CCCN2)nsc1C(=O)c1ccc(N)c([N+](=O)[O-])c1. The van der Waals surface area contributed by atoms with Gasteiger partial charge in [-0.2, -0.15) is 4.37 Å². The summed E-state index contributed by atoms with van der Waals surface area (Å²) in [5, 5.41) is 14.3. The fourth-order valence-electron chi connectivity index (χ4n) is 2.78. The Morgan fingerprint density at radius 3 is 2.96 bits per heavy atom. The van der Waals surface area contributed by atoms with E-state index < -0.39 is 4.92 Å². The molecule has 1 aliphatic rings. The van der Waals surface area contributed by atoms with Crippen LogP contribution in [0.4, 0.5) is 11.4 Å². The number of carbonyl (C=O) groups is 1. The van der Waals surface area contributed by atoms with Gasteiger partial charge < -0.3 is 11.1 Å². The molecule has 1 aliphatic heterocycles. The average Bonchev–Trinajstić information content (AvgIpc) is 3.16. The first-order valence-electron chi connectivity index (χ1n) is 7.27. The van der Waals surface area contributed by atoms with Crippen LogP contribution in [0.1, 0.15) is 45.4 Å². The largest absolute Gasteiger partial charge is 0.393 e. The number of anilines is 1. The second-order valence-corrected chi connectivity index (χ2v) is 6.30. The molecule has 1 unspecified atom stereocenters. The maximum atomic E-state index is 12.7. The number of nitrogens with zero attached hydrogens (tertiary/aromatic N) is 2. The molecule has 2 aromatic rings. The van der Waals surface area contributed by atoms with Crippen LogP contribution in [0.5, 0.6) is 0 Å². The van der Waals surface area contributed by atoms with Crippen molar-refractivity contribution in [1.82, 2.24) is 9.69 Å². The quantitative estimate of drug-likeness (QED) is 0.385. The molecule has 0 spiro atoms. The van der Waals surface area contributed by atoms with Crippen LogP contribution >= 0.6 is 11.5 Å². The number of carbonyl (C=O) groups excluding carboxylic acids is 1. The number of nitro benzene ring substituents is 1. The van der Waals surface area contributed by atoms with Gasteiger partial charge in [-0.05, 0) is 55.5 Å². The van der Waals surface area contributed by atoms with Gasteiger partial charge in [0.15, 0.2) is 0 Å². The maximum Gasteiger partial charge on any atom is 0.292 e. The Morgan fingerprint density at radius 2 is 2.30 bits per heavy atom. The van der Waals surface area contributed by atoms with E-state index in [-0.39, 0.29) is 28.8 Å². The number of nitro groups is 1. The number of nitrogens with two attached hydrogens (primary N) is 1. The summed E-state index contributed by atoms with van der Waals surface area (Å²) in [5.74, 6) is -0.257. The molecule has 1 aromatic carbocycles. The first kappa shape index (κ1) is 15.6. The van der Waals surface area contributed by atoms with Crippen LogP contribution in [-0.4, -0.2) is 21.6 Å². The number of rotatable bonds is 4. The predicted octanol–water partition coefficient (Wildman–Crippen LogP) is 2.60. The van der Waals surface area contributed by atoms with Gasteiger partial charge in [-0.1, -0.05) is 0 Å². The van der Waals surface area contributed by atoms with Gasteiger partial charge in [0, 0.05) is 11.6 Å². The highest BCUT2D eigenvalue weighted by Crippen LogP contribution is 2.31. The molecule has 3 N–H and O–H groups in total. The third-order valence-electron chi connectivity index (χ3n) is 4.05. The number of aromatic nitrogens is 1. The zero-order valence-corrected chi connectivity index (χ0v) is 13.4. The molecule has 2 heterocycles. The van der Waals surface area contributed by atoms with Crippen LogP contribution in [0.15, 0.2) is 18.2 Å². The number of ketones is 1. The molecular weight excluding hydrogens is 316 g/mol. The number of benzene rings is 1. The van der Waals surface area contributed by atoms with E-state index in [4.69, 9.17) is 5.73 Å². The molecule has 23 heavy (non-hydrogen) atoms. The summed E-state index contributed by atoms with van der Waals surface area (Å²) in [6, 6.07) is 4.32. The molecule has 1 fully saturated rings. The van der Waals surface area contributed by atoms with Gasteiger partial charge >= 0.3 is 0 Å². The van der Waals surface area contributed by atoms with Crippen molar-refractivity contribution in [2.45, 2.75) is 25.8 Å². The van der Waals surface area contributed by atoms with Gasteiger partial charge in [0.2, 0.25) is 5.78 Å². The molecule has 1 aromatic heterocycles. The minimum Gasteiger partial charge on any atom is -0.393 e. The fraction of sp³-hybridized carbons (Fsp3) is 0.333. The van der Waals surface area contributed by atoms with E-state index >= 15 is 0 Å². The molecule has 8 heteroatoms. The van der Waals surface area contributed by atoms with Gasteiger partial charge in [0.25, 0.3) is 5.69 Å². The van der Waals surface area contributed by atoms with Crippen molar-refractivity contribution < 1.29 is 9.72 Å². The molecule has 120 valence electrons. The lowest BCUT2D eigenvalue weighted by atomic mass is 10.0. The van der Waals surface area contributed by atoms with Crippen molar-refractivity contribution in [2.75, 3.05) is 12.3 Å². The molecule has 1 saturated heterocycles. The Balaban J connectivity index is 1.95. The molecule has 0 saturated carbocycles. The Kier molecular flexibility index (Phi) is 4.10. The summed E-state index contributed by atoms with van der Waals surface area (Å²) < 4.78 is 4.42. The number of nitrogens with one attached hydrogen (secondary N) is 1. The summed E-state index contributed by atoms with van der Waals surface area (Å²) in [4.78, 5) is 23.6. The second-order valence-electron chi connectivity index (χ2n) is 5.53. The Bertz CT molecular complexity index is 781. The van der Waals surface area contributed by atoms with Crippen molar-refractivity contribution in [1.29, 1.82) is 0 Å². The maximum absolute atomic E-state index is 12.7. The minimum absolute atomic E-state index is 0.0448. The summed E-state index contributed by atoms with van der Waals surface area (Å²) in [6.45, 7) is 2.83. The van der Waals surface area contributed by atoms with E-state index in [0.717, 1.165) is 42.2 Å². The van der Waals surface area contributed by atoms with E-state index in [0.29, 0.717) is 4.88 Å². The van der Waals surface area contributed by atoms with Gasteiger partial charge in [-0.3, -0.25) is 14.9 Å². The van der Waals surface area contributed by atoms with E-state index in [9.17, 15) is 14.9 Å². The number of hydrogen-bond donors (Lipinski definition) is 2. The summed E-state index contributed by atoms with van der Waals surface area (Å²) in [5.41, 5.74) is 7.37. The van der Waals surface area contributed by atoms with E-state index in [1.165, 1.54) is 18.2 Å². The normalized spacial score (nSPS) is 17.3. The predicted molar refractivity (Wildman–Crippen MR) is 87.8 cm³/mol. The Hall–Kier alpha value is -2.32. The highest BCUT2D eigenvalue weighted by molar-refractivity contribution is 7.08. The van der Waals surface area contributed by atoms with Gasteiger partial charge in [0.1, 0.15) is 5.69 Å². The van der Waals surface area contributed by atoms with Crippen molar-refractivity contribution in [3.63, 3.8) is 0 Å². The van der Waals surface area contributed by atoms with Crippen LogP contribution in [0.25, 0.3) is 0 Å². The highest BCUT2D eigenvalue weighted by atomic mass is 32.1. The summed E-state index contributed by atoms with van der Waals surface area (Å²) in [7, 11) is 0. The first-order valence-corrected chi connectivity index (χ1v) is 8.04. The lowest BCUT2D eigenvalue weighted by Crippen LogP contribution is -2.14. The Labute approximate surface area is 136 Å². The van der Waals surface area contributed by atoms with Gasteiger partial charge in [-0.15, -0.1) is 0 Å². The van der Waals surface area contributed by atoms with Gasteiger partial charge in [0.05, 0.1) is 21.5 Å². The number of nitrogen functional groups attached to an aromatic ring is 1. The lowest BCUT2D eigenvalue weighted by Gasteiger charge is -2.08. The highest BCUT2D eigenvalue weighted by Gasteiger charge is 2.26. The van der Waals surface area contributed by atoms with Gasteiger partial charge in [-0.25, -0.2) is 0 Å². The molecular formula is C15H16N4O3S. The van der Waals surface area contributed by atoms with Crippen molar-refractivity contribution >= 4 is 28.7 Å². The van der Waals surface area contributed by atoms with Crippen molar-refractivity contribution in [3.05, 3.63) is 50.0 Å². The lowest BCUT2D eigenvalue weighted by molar-refractivity contribution is -0.383. The smallest absolute Gasteiger partial charge is 0.292 e. The van der Waals surface area contributed by atoms with Crippen LogP contribution < -0.4 is 11.1 Å². The topological polar surface area (TPSA) is 111 Å². The molecule has 0 aliphatic carbocycles. The number of hydrogen-bond acceptors (Lipinski definition) is 7.